The Kier molecular flexibility index (Phi) is 6.49. The molecule has 0 radical (unpaired) electrons. The van der Waals surface area contributed by atoms with Crippen molar-refractivity contribution < 1.29 is 19.1 Å². The Hall–Kier alpha value is -3.06. The number of amides is 2. The molecule has 0 atom stereocenters. The van der Waals surface area contributed by atoms with E-state index >= 15 is 0 Å². The van der Waals surface area contributed by atoms with E-state index in [1.807, 2.05) is 41.3 Å². The predicted molar refractivity (Wildman–Crippen MR) is 107 cm³/mol. The summed E-state index contributed by atoms with van der Waals surface area (Å²) in [5.74, 6) is 0.310. The van der Waals surface area contributed by atoms with E-state index in [1.165, 1.54) is 7.11 Å². The lowest BCUT2D eigenvalue weighted by Gasteiger charge is -2.33. The largest absolute Gasteiger partial charge is 0.497 e. The molecule has 1 N–H and O–H groups in total. The van der Waals surface area contributed by atoms with Crippen molar-refractivity contribution in [2.75, 3.05) is 45.3 Å². The molecular formula is C21H25N3O4. The molecule has 28 heavy (non-hydrogen) atoms. The first-order valence-electron chi connectivity index (χ1n) is 9.21. The minimum absolute atomic E-state index is 0.0493. The molecule has 1 fully saturated rings. The summed E-state index contributed by atoms with van der Waals surface area (Å²) in [7, 11) is 2.96. The van der Waals surface area contributed by atoms with Crippen LogP contribution in [0.15, 0.2) is 48.5 Å². The van der Waals surface area contributed by atoms with Gasteiger partial charge >= 0.3 is 12.0 Å². The highest BCUT2D eigenvalue weighted by molar-refractivity contribution is 5.92. The summed E-state index contributed by atoms with van der Waals surface area (Å²) in [6.45, 7) is 3.29. The maximum atomic E-state index is 13.2. The molecule has 2 amide bonds. The molecule has 7 nitrogen and oxygen atoms in total. The van der Waals surface area contributed by atoms with Crippen molar-refractivity contribution >= 4 is 17.7 Å². The van der Waals surface area contributed by atoms with Gasteiger partial charge in [0.1, 0.15) is 5.75 Å². The lowest BCUT2D eigenvalue weighted by Crippen LogP contribution is -2.51. The van der Waals surface area contributed by atoms with Crippen LogP contribution >= 0.6 is 0 Å². The molecule has 0 aromatic heterocycles. The molecule has 2 aromatic rings. The van der Waals surface area contributed by atoms with Crippen LogP contribution in [0.25, 0.3) is 0 Å². The molecule has 0 saturated carbocycles. The van der Waals surface area contributed by atoms with E-state index in [1.54, 1.807) is 24.1 Å². The third-order valence-electron chi connectivity index (χ3n) is 4.70. The number of piperazine rings is 1. The zero-order valence-electron chi connectivity index (χ0n) is 16.2. The molecule has 7 heteroatoms. The van der Waals surface area contributed by atoms with Gasteiger partial charge < -0.3 is 19.7 Å². The molecule has 1 saturated heterocycles. The molecule has 0 bridgehead atoms. The molecule has 2 aromatic carbocycles. The van der Waals surface area contributed by atoms with E-state index < -0.39 is 0 Å². The summed E-state index contributed by atoms with van der Waals surface area (Å²) in [5, 5.41) is 3.26. The van der Waals surface area contributed by atoms with Gasteiger partial charge in [-0.15, -0.1) is 0 Å². The number of esters is 1. The van der Waals surface area contributed by atoms with Crippen LogP contribution in [0, 0.1) is 0 Å². The van der Waals surface area contributed by atoms with Crippen LogP contribution in [-0.4, -0.2) is 57.3 Å². The van der Waals surface area contributed by atoms with Crippen molar-refractivity contribution in [3.63, 3.8) is 0 Å². The van der Waals surface area contributed by atoms with Gasteiger partial charge in [-0.1, -0.05) is 18.2 Å². The summed E-state index contributed by atoms with van der Waals surface area (Å²) < 4.78 is 10.1. The smallest absolute Gasteiger partial charge is 0.337 e. The van der Waals surface area contributed by atoms with Crippen LogP contribution in [0.5, 0.6) is 5.75 Å². The zero-order valence-corrected chi connectivity index (χ0v) is 16.2. The molecule has 1 aliphatic heterocycles. The summed E-state index contributed by atoms with van der Waals surface area (Å²) >= 11 is 0. The number of carbonyl (C=O) groups excluding carboxylic acids is 2. The summed E-state index contributed by atoms with van der Waals surface area (Å²) in [6, 6.07) is 14.5. The maximum Gasteiger partial charge on any atom is 0.337 e. The van der Waals surface area contributed by atoms with Crippen LogP contribution in [0.3, 0.4) is 0 Å². The molecule has 1 heterocycles. The summed E-state index contributed by atoms with van der Waals surface area (Å²) in [4.78, 5) is 28.5. The maximum absolute atomic E-state index is 13.2. The van der Waals surface area contributed by atoms with E-state index in [-0.39, 0.29) is 12.0 Å². The van der Waals surface area contributed by atoms with Crippen molar-refractivity contribution in [2.45, 2.75) is 6.54 Å². The fourth-order valence-corrected chi connectivity index (χ4v) is 3.12. The number of urea groups is 1. The number of hydrogen-bond acceptors (Lipinski definition) is 5. The second-order valence-electron chi connectivity index (χ2n) is 6.50. The first-order valence-corrected chi connectivity index (χ1v) is 9.21. The van der Waals surface area contributed by atoms with Crippen molar-refractivity contribution in [2.24, 2.45) is 0 Å². The van der Waals surface area contributed by atoms with E-state index in [2.05, 4.69) is 5.32 Å². The van der Waals surface area contributed by atoms with E-state index in [0.29, 0.717) is 30.9 Å². The Balaban J connectivity index is 1.86. The zero-order chi connectivity index (χ0) is 19.9. The van der Waals surface area contributed by atoms with Crippen LogP contribution in [-0.2, 0) is 11.3 Å². The molecule has 0 aliphatic carbocycles. The number of methoxy groups -OCH3 is 2. The van der Waals surface area contributed by atoms with Crippen LogP contribution < -0.4 is 15.0 Å². The number of carbonyl (C=O) groups is 2. The first kappa shape index (κ1) is 19.7. The molecule has 1 aliphatic rings. The molecule has 0 spiro atoms. The number of nitrogens with one attached hydrogen (secondary N) is 1. The Morgan fingerprint density at radius 3 is 2.43 bits per heavy atom. The van der Waals surface area contributed by atoms with Gasteiger partial charge in [0.15, 0.2) is 0 Å². The number of rotatable bonds is 5. The van der Waals surface area contributed by atoms with Gasteiger partial charge in [-0.25, -0.2) is 9.59 Å². The van der Waals surface area contributed by atoms with Crippen molar-refractivity contribution in [3.8, 4) is 5.75 Å². The van der Waals surface area contributed by atoms with Crippen molar-refractivity contribution in [1.82, 2.24) is 10.2 Å². The van der Waals surface area contributed by atoms with Gasteiger partial charge in [0.25, 0.3) is 0 Å². The topological polar surface area (TPSA) is 71.1 Å². The molecule has 0 unspecified atom stereocenters. The Morgan fingerprint density at radius 1 is 1.07 bits per heavy atom. The fraction of sp³-hybridized carbons (Fsp3) is 0.333. The lowest BCUT2D eigenvalue weighted by atomic mass is 10.1. The second kappa shape index (κ2) is 9.23. The number of nitrogens with zero attached hydrogens (tertiary/aromatic N) is 2. The standard InChI is InChI=1S/C21H25N3O4/c1-27-19-5-3-4-18(14-19)24(21(26)23-12-10-22-11-13-23)15-16-6-8-17(9-7-16)20(25)28-2/h3-9,14,22H,10-13,15H2,1-2H3. The average Bonchev–Trinajstić information content (AvgIpc) is 2.77. The summed E-state index contributed by atoms with van der Waals surface area (Å²) in [5.41, 5.74) is 2.16. The number of ether oxygens (including phenoxy) is 2. The van der Waals surface area contributed by atoms with E-state index in [0.717, 1.165) is 24.3 Å². The third kappa shape index (κ3) is 4.61. The number of hydrogen-bond donors (Lipinski definition) is 1. The normalized spacial score (nSPS) is 13.7. The van der Waals surface area contributed by atoms with Gasteiger partial charge in [0.05, 0.1) is 26.3 Å². The average molecular weight is 383 g/mol. The van der Waals surface area contributed by atoms with Gasteiger partial charge in [-0.2, -0.15) is 0 Å². The highest BCUT2D eigenvalue weighted by Crippen LogP contribution is 2.24. The number of anilines is 1. The van der Waals surface area contributed by atoms with Crippen LogP contribution in [0.1, 0.15) is 15.9 Å². The first-order chi connectivity index (χ1) is 13.6. The lowest BCUT2D eigenvalue weighted by molar-refractivity contribution is 0.0600. The van der Waals surface area contributed by atoms with Gasteiger partial charge in [0, 0.05) is 37.9 Å². The Bertz CT molecular complexity index is 817. The van der Waals surface area contributed by atoms with Gasteiger partial charge in [-0.05, 0) is 29.8 Å². The van der Waals surface area contributed by atoms with Gasteiger partial charge in [0.2, 0.25) is 0 Å². The third-order valence-corrected chi connectivity index (χ3v) is 4.70. The minimum Gasteiger partial charge on any atom is -0.497 e. The van der Waals surface area contributed by atoms with Gasteiger partial charge in [-0.3, -0.25) is 4.90 Å². The summed E-state index contributed by atoms with van der Waals surface area (Å²) in [6.07, 6.45) is 0. The SMILES string of the molecule is COC(=O)c1ccc(CN(C(=O)N2CCNCC2)c2cccc(OC)c2)cc1. The second-order valence-corrected chi connectivity index (χ2v) is 6.50. The van der Waals surface area contributed by atoms with Crippen molar-refractivity contribution in [1.29, 1.82) is 0 Å². The Morgan fingerprint density at radius 2 is 1.79 bits per heavy atom. The fourth-order valence-electron chi connectivity index (χ4n) is 3.12. The van der Waals surface area contributed by atoms with Crippen LogP contribution in [0.2, 0.25) is 0 Å². The highest BCUT2D eigenvalue weighted by Gasteiger charge is 2.24. The predicted octanol–water partition coefficient (Wildman–Crippen LogP) is 2.51. The highest BCUT2D eigenvalue weighted by atomic mass is 16.5. The molecule has 3 rings (SSSR count). The molecule has 148 valence electrons. The monoisotopic (exact) mass is 383 g/mol. The van der Waals surface area contributed by atoms with Crippen molar-refractivity contribution in [3.05, 3.63) is 59.7 Å². The van der Waals surface area contributed by atoms with E-state index in [4.69, 9.17) is 9.47 Å². The van der Waals surface area contributed by atoms with Crippen LogP contribution in [0.4, 0.5) is 10.5 Å². The Labute approximate surface area is 164 Å². The minimum atomic E-state index is -0.381. The van der Waals surface area contributed by atoms with E-state index in [9.17, 15) is 9.59 Å². The molecular weight excluding hydrogens is 358 g/mol. The quantitative estimate of drug-likeness (QED) is 0.804. The number of benzene rings is 2.